The molecule has 4 nitrogen and oxygen atoms in total. The van der Waals surface area contributed by atoms with Crippen LogP contribution in [0.3, 0.4) is 0 Å². The number of hydrogen-bond acceptors (Lipinski definition) is 3. The van der Waals surface area contributed by atoms with Crippen LogP contribution in [-0.2, 0) is 9.47 Å². The molecule has 16 heavy (non-hydrogen) atoms. The van der Waals surface area contributed by atoms with Gasteiger partial charge in [0.1, 0.15) is 0 Å². The highest BCUT2D eigenvalue weighted by Gasteiger charge is 2.02. The van der Waals surface area contributed by atoms with E-state index in [1.165, 1.54) is 0 Å². The van der Waals surface area contributed by atoms with Gasteiger partial charge in [0, 0.05) is 39.5 Å². The largest absolute Gasteiger partial charge is 0.385 e. The van der Waals surface area contributed by atoms with Gasteiger partial charge in [-0.1, -0.05) is 0 Å². The minimum absolute atomic E-state index is 0.340. The van der Waals surface area contributed by atoms with E-state index in [1.807, 2.05) is 6.92 Å². The molecule has 2 N–H and O–H groups in total. The van der Waals surface area contributed by atoms with Crippen LogP contribution in [-0.4, -0.2) is 44.6 Å². The molecule has 0 aromatic rings. The Labute approximate surface area is 104 Å². The van der Waals surface area contributed by atoms with E-state index in [4.69, 9.17) is 21.7 Å². The molecule has 0 aromatic heterocycles. The van der Waals surface area contributed by atoms with E-state index in [2.05, 4.69) is 17.6 Å². The molecule has 0 aromatic carbocycles. The first kappa shape index (κ1) is 15.6. The maximum absolute atomic E-state index is 5.23. The second-order valence-corrected chi connectivity index (χ2v) is 4.04. The summed E-state index contributed by atoms with van der Waals surface area (Å²) in [6, 6.07) is 0.340. The van der Waals surface area contributed by atoms with Crippen molar-refractivity contribution in [2.75, 3.05) is 33.5 Å². The predicted octanol–water partition coefficient (Wildman–Crippen LogP) is 1.30. The first-order valence-electron chi connectivity index (χ1n) is 5.81. The molecule has 0 aliphatic rings. The molecule has 5 heteroatoms. The number of nitrogens with one attached hydrogen (secondary N) is 2. The summed E-state index contributed by atoms with van der Waals surface area (Å²) in [5.41, 5.74) is 0. The van der Waals surface area contributed by atoms with Gasteiger partial charge in [0.15, 0.2) is 5.11 Å². The summed E-state index contributed by atoms with van der Waals surface area (Å²) in [7, 11) is 1.71. The van der Waals surface area contributed by atoms with Gasteiger partial charge >= 0.3 is 0 Å². The molecule has 0 saturated carbocycles. The second-order valence-electron chi connectivity index (χ2n) is 3.63. The molecule has 0 aliphatic carbocycles. The Bertz CT molecular complexity index is 179. The number of hydrogen-bond donors (Lipinski definition) is 2. The number of thiocarbonyl (C=S) groups is 1. The van der Waals surface area contributed by atoms with Crippen LogP contribution in [0.4, 0.5) is 0 Å². The summed E-state index contributed by atoms with van der Waals surface area (Å²) < 4.78 is 10.2. The van der Waals surface area contributed by atoms with Crippen molar-refractivity contribution in [2.24, 2.45) is 0 Å². The summed E-state index contributed by atoms with van der Waals surface area (Å²) in [6.45, 7) is 7.25. The molecule has 96 valence electrons. The third-order valence-electron chi connectivity index (χ3n) is 2.09. The molecular formula is C11H24N2O2S. The zero-order chi connectivity index (χ0) is 12.2. The van der Waals surface area contributed by atoms with Crippen LogP contribution >= 0.6 is 12.2 Å². The molecule has 0 fully saturated rings. The Morgan fingerprint density at radius 1 is 1.38 bits per heavy atom. The van der Waals surface area contributed by atoms with Crippen LogP contribution in [0, 0.1) is 0 Å². The van der Waals surface area contributed by atoms with E-state index >= 15 is 0 Å². The van der Waals surface area contributed by atoms with Gasteiger partial charge in [0.2, 0.25) is 0 Å². The topological polar surface area (TPSA) is 42.5 Å². The molecule has 0 rings (SSSR count). The van der Waals surface area contributed by atoms with E-state index in [9.17, 15) is 0 Å². The van der Waals surface area contributed by atoms with Gasteiger partial charge in [-0.3, -0.25) is 0 Å². The Morgan fingerprint density at radius 3 is 2.75 bits per heavy atom. The summed E-state index contributed by atoms with van der Waals surface area (Å²) in [5.74, 6) is 0. The fourth-order valence-corrected chi connectivity index (χ4v) is 1.47. The van der Waals surface area contributed by atoms with Gasteiger partial charge in [-0.05, 0) is 38.9 Å². The highest BCUT2D eigenvalue weighted by Crippen LogP contribution is 1.90. The van der Waals surface area contributed by atoms with Crippen molar-refractivity contribution in [2.45, 2.75) is 32.7 Å². The highest BCUT2D eigenvalue weighted by molar-refractivity contribution is 7.80. The molecule has 0 spiro atoms. The number of rotatable bonds is 9. The fourth-order valence-electron chi connectivity index (χ4n) is 1.16. The van der Waals surface area contributed by atoms with Gasteiger partial charge in [-0.2, -0.15) is 0 Å². The number of methoxy groups -OCH3 is 1. The molecule has 0 bridgehead atoms. The van der Waals surface area contributed by atoms with E-state index < -0.39 is 0 Å². The maximum atomic E-state index is 5.23. The van der Waals surface area contributed by atoms with Crippen molar-refractivity contribution in [1.82, 2.24) is 10.6 Å². The van der Waals surface area contributed by atoms with Crippen molar-refractivity contribution >= 4 is 17.3 Å². The Hall–Kier alpha value is -0.390. The van der Waals surface area contributed by atoms with Gasteiger partial charge in [-0.25, -0.2) is 0 Å². The Balaban J connectivity index is 3.36. The molecule has 0 radical (unpaired) electrons. The number of ether oxygens (including phenoxy) is 2. The van der Waals surface area contributed by atoms with Crippen molar-refractivity contribution in [3.63, 3.8) is 0 Å². The Kier molecular flexibility index (Phi) is 10.8. The normalized spacial score (nSPS) is 12.2. The lowest BCUT2D eigenvalue weighted by molar-refractivity contribution is 0.145. The SMILES string of the molecule is CCOCCCNC(=S)NC(C)CCOC. The van der Waals surface area contributed by atoms with Crippen LogP contribution in [0.5, 0.6) is 0 Å². The van der Waals surface area contributed by atoms with E-state index in [0.29, 0.717) is 11.2 Å². The van der Waals surface area contributed by atoms with Gasteiger partial charge in [-0.15, -0.1) is 0 Å². The summed E-state index contributed by atoms with van der Waals surface area (Å²) in [6.07, 6.45) is 1.93. The van der Waals surface area contributed by atoms with Crippen molar-refractivity contribution < 1.29 is 9.47 Å². The fraction of sp³-hybridized carbons (Fsp3) is 0.909. The van der Waals surface area contributed by atoms with Crippen molar-refractivity contribution in [3.8, 4) is 0 Å². The zero-order valence-corrected chi connectivity index (χ0v) is 11.4. The lowest BCUT2D eigenvalue weighted by atomic mass is 10.2. The van der Waals surface area contributed by atoms with Crippen LogP contribution in [0.15, 0.2) is 0 Å². The van der Waals surface area contributed by atoms with Crippen LogP contribution in [0.2, 0.25) is 0 Å². The van der Waals surface area contributed by atoms with Gasteiger partial charge in [0.05, 0.1) is 0 Å². The first-order chi connectivity index (χ1) is 7.70. The zero-order valence-electron chi connectivity index (χ0n) is 10.5. The lowest BCUT2D eigenvalue weighted by Gasteiger charge is -2.16. The molecule has 0 saturated heterocycles. The van der Waals surface area contributed by atoms with E-state index in [-0.39, 0.29) is 0 Å². The monoisotopic (exact) mass is 248 g/mol. The standard InChI is InChI=1S/C11H24N2O2S/c1-4-15-8-5-7-12-11(16)13-10(2)6-9-14-3/h10H,4-9H2,1-3H3,(H2,12,13,16). The van der Waals surface area contributed by atoms with Gasteiger partial charge < -0.3 is 20.1 Å². The average Bonchev–Trinajstić information content (AvgIpc) is 2.26. The second kappa shape index (κ2) is 11.1. The lowest BCUT2D eigenvalue weighted by Crippen LogP contribution is -2.41. The third kappa shape index (κ3) is 10.1. The molecule has 1 unspecified atom stereocenters. The molecule has 0 amide bonds. The first-order valence-corrected chi connectivity index (χ1v) is 6.22. The smallest absolute Gasteiger partial charge is 0.166 e. The minimum atomic E-state index is 0.340. The summed E-state index contributed by atoms with van der Waals surface area (Å²) >= 11 is 5.15. The van der Waals surface area contributed by atoms with Crippen LogP contribution in [0.25, 0.3) is 0 Å². The predicted molar refractivity (Wildman–Crippen MR) is 70.8 cm³/mol. The van der Waals surface area contributed by atoms with E-state index in [0.717, 1.165) is 39.2 Å². The summed E-state index contributed by atoms with van der Waals surface area (Å²) in [4.78, 5) is 0. The molecule has 0 heterocycles. The highest BCUT2D eigenvalue weighted by atomic mass is 32.1. The van der Waals surface area contributed by atoms with Crippen molar-refractivity contribution in [1.29, 1.82) is 0 Å². The van der Waals surface area contributed by atoms with Crippen LogP contribution in [0.1, 0.15) is 26.7 Å². The average molecular weight is 248 g/mol. The molecule has 1 atom stereocenters. The Morgan fingerprint density at radius 2 is 2.12 bits per heavy atom. The maximum Gasteiger partial charge on any atom is 0.166 e. The molecular weight excluding hydrogens is 224 g/mol. The summed E-state index contributed by atoms with van der Waals surface area (Å²) in [5, 5.41) is 7.06. The van der Waals surface area contributed by atoms with Crippen LogP contribution < -0.4 is 10.6 Å². The van der Waals surface area contributed by atoms with E-state index in [1.54, 1.807) is 7.11 Å². The third-order valence-corrected chi connectivity index (χ3v) is 2.35. The van der Waals surface area contributed by atoms with Gasteiger partial charge in [0.25, 0.3) is 0 Å². The molecule has 0 aliphatic heterocycles. The minimum Gasteiger partial charge on any atom is -0.385 e. The quantitative estimate of drug-likeness (QED) is 0.475. The van der Waals surface area contributed by atoms with Crippen molar-refractivity contribution in [3.05, 3.63) is 0 Å².